The normalized spacial score (nSPS) is 45.5. The summed E-state index contributed by atoms with van der Waals surface area (Å²) in [6, 6.07) is 0. The standard InChI is InChI=1S/C16H28O7/c1-7(2)9-5-10(18)8(3)4-11(9)22-16-15(21)14(20)13(19)12(6-17)23-16/h7-9,11-17,19-21H,4-6H2,1-3H3/t8-,9+,11-,12+,13+,14-,15+,16+/m0/s1. The quantitative estimate of drug-likeness (QED) is 0.545. The number of carbonyl (C=O) groups excluding carboxylic acids is 1. The Hall–Kier alpha value is -0.570. The number of ether oxygens (including phenoxy) is 2. The van der Waals surface area contributed by atoms with Crippen LogP contribution in [0.4, 0.5) is 0 Å². The van der Waals surface area contributed by atoms with Crippen molar-refractivity contribution in [1.82, 2.24) is 0 Å². The summed E-state index contributed by atoms with van der Waals surface area (Å²) in [5, 5.41) is 39.0. The summed E-state index contributed by atoms with van der Waals surface area (Å²) >= 11 is 0. The van der Waals surface area contributed by atoms with Crippen molar-refractivity contribution in [2.45, 2.75) is 70.4 Å². The molecule has 0 aromatic rings. The number of carbonyl (C=O) groups is 1. The van der Waals surface area contributed by atoms with Gasteiger partial charge in [-0.1, -0.05) is 20.8 Å². The largest absolute Gasteiger partial charge is 0.394 e. The van der Waals surface area contributed by atoms with Crippen molar-refractivity contribution < 1.29 is 34.7 Å². The molecular formula is C16H28O7. The predicted octanol–water partition coefficient (Wildman–Crippen LogP) is -0.557. The van der Waals surface area contributed by atoms with E-state index >= 15 is 0 Å². The molecule has 0 unspecified atom stereocenters. The van der Waals surface area contributed by atoms with Gasteiger partial charge in [-0.05, 0) is 18.3 Å². The Morgan fingerprint density at radius 1 is 1.22 bits per heavy atom. The SMILES string of the molecule is CC(C)[C@H]1CC(=O)[C@@H](C)C[C@@H]1O[C@@H]1O[C@H](CO)[C@@H](O)[C@H](O)[C@H]1O. The number of hydrogen-bond acceptors (Lipinski definition) is 7. The fraction of sp³-hybridized carbons (Fsp3) is 0.938. The van der Waals surface area contributed by atoms with Crippen LogP contribution >= 0.6 is 0 Å². The Morgan fingerprint density at radius 2 is 1.87 bits per heavy atom. The van der Waals surface area contributed by atoms with Crippen LogP contribution in [0.3, 0.4) is 0 Å². The van der Waals surface area contributed by atoms with Crippen molar-refractivity contribution in [1.29, 1.82) is 0 Å². The monoisotopic (exact) mass is 332 g/mol. The zero-order chi connectivity index (χ0) is 17.3. The molecule has 2 fully saturated rings. The lowest BCUT2D eigenvalue weighted by Gasteiger charge is -2.44. The van der Waals surface area contributed by atoms with Gasteiger partial charge >= 0.3 is 0 Å². The molecule has 2 rings (SSSR count). The van der Waals surface area contributed by atoms with E-state index in [9.17, 15) is 25.2 Å². The molecule has 1 heterocycles. The maximum Gasteiger partial charge on any atom is 0.186 e. The Bertz CT molecular complexity index is 411. The smallest absolute Gasteiger partial charge is 0.186 e. The van der Waals surface area contributed by atoms with E-state index in [2.05, 4.69) is 0 Å². The van der Waals surface area contributed by atoms with Crippen molar-refractivity contribution in [3.63, 3.8) is 0 Å². The molecule has 134 valence electrons. The molecular weight excluding hydrogens is 304 g/mol. The van der Waals surface area contributed by atoms with Gasteiger partial charge in [0, 0.05) is 12.3 Å². The van der Waals surface area contributed by atoms with Crippen molar-refractivity contribution in [2.75, 3.05) is 6.61 Å². The van der Waals surface area contributed by atoms with E-state index in [1.165, 1.54) is 0 Å². The van der Waals surface area contributed by atoms with Gasteiger partial charge in [0.2, 0.25) is 0 Å². The van der Waals surface area contributed by atoms with Crippen LogP contribution in [0.25, 0.3) is 0 Å². The van der Waals surface area contributed by atoms with Crippen LogP contribution < -0.4 is 0 Å². The predicted molar refractivity (Wildman–Crippen MR) is 80.4 cm³/mol. The molecule has 7 nitrogen and oxygen atoms in total. The average Bonchev–Trinajstić information content (AvgIpc) is 2.50. The summed E-state index contributed by atoms with van der Waals surface area (Å²) in [6.07, 6.45) is -5.74. The maximum atomic E-state index is 12.0. The van der Waals surface area contributed by atoms with E-state index in [1.54, 1.807) is 0 Å². The number of Topliss-reactive ketones (excluding diaryl/α,β-unsaturated/α-hetero) is 1. The highest BCUT2D eigenvalue weighted by molar-refractivity contribution is 5.81. The third kappa shape index (κ3) is 3.92. The molecule has 1 saturated carbocycles. The van der Waals surface area contributed by atoms with Gasteiger partial charge < -0.3 is 29.9 Å². The lowest BCUT2D eigenvalue weighted by molar-refractivity contribution is -0.317. The Balaban J connectivity index is 2.10. The minimum atomic E-state index is -1.45. The highest BCUT2D eigenvalue weighted by atomic mass is 16.7. The van der Waals surface area contributed by atoms with Gasteiger partial charge in [0.05, 0.1) is 12.7 Å². The highest BCUT2D eigenvalue weighted by Gasteiger charge is 2.46. The summed E-state index contributed by atoms with van der Waals surface area (Å²) in [4.78, 5) is 12.0. The van der Waals surface area contributed by atoms with Crippen LogP contribution in [0.1, 0.15) is 33.6 Å². The summed E-state index contributed by atoms with van der Waals surface area (Å²) in [5.41, 5.74) is 0. The molecule has 0 aromatic heterocycles. The first kappa shape index (κ1) is 18.8. The molecule has 1 aliphatic carbocycles. The van der Waals surface area contributed by atoms with Crippen LogP contribution in [0.2, 0.25) is 0 Å². The molecule has 0 aromatic carbocycles. The summed E-state index contributed by atoms with van der Waals surface area (Å²) < 4.78 is 11.3. The zero-order valence-corrected chi connectivity index (χ0v) is 13.8. The Labute approximate surface area is 136 Å². The second-order valence-corrected chi connectivity index (χ2v) is 7.09. The second-order valence-electron chi connectivity index (χ2n) is 7.09. The minimum absolute atomic E-state index is 0.00562. The molecule has 7 heteroatoms. The van der Waals surface area contributed by atoms with E-state index in [1.807, 2.05) is 20.8 Å². The minimum Gasteiger partial charge on any atom is -0.394 e. The van der Waals surface area contributed by atoms with Crippen molar-refractivity contribution in [3.8, 4) is 0 Å². The van der Waals surface area contributed by atoms with Crippen LogP contribution in [-0.4, -0.2) is 69.6 Å². The fourth-order valence-corrected chi connectivity index (χ4v) is 3.39. The van der Waals surface area contributed by atoms with Crippen LogP contribution in [0.15, 0.2) is 0 Å². The molecule has 4 N–H and O–H groups in total. The van der Waals surface area contributed by atoms with E-state index in [0.29, 0.717) is 12.8 Å². The highest BCUT2D eigenvalue weighted by Crippen LogP contribution is 2.35. The van der Waals surface area contributed by atoms with Gasteiger partial charge in [-0.15, -0.1) is 0 Å². The number of ketones is 1. The van der Waals surface area contributed by atoms with Crippen molar-refractivity contribution >= 4 is 5.78 Å². The van der Waals surface area contributed by atoms with Gasteiger partial charge in [0.1, 0.15) is 30.2 Å². The molecule has 23 heavy (non-hydrogen) atoms. The lowest BCUT2D eigenvalue weighted by atomic mass is 9.74. The summed E-state index contributed by atoms with van der Waals surface area (Å²) in [7, 11) is 0. The zero-order valence-electron chi connectivity index (χ0n) is 13.8. The lowest BCUT2D eigenvalue weighted by Crippen LogP contribution is -2.60. The molecule has 0 bridgehead atoms. The number of aliphatic hydroxyl groups is 4. The first-order valence-electron chi connectivity index (χ1n) is 8.25. The van der Waals surface area contributed by atoms with E-state index < -0.39 is 37.3 Å². The molecule has 0 amide bonds. The Kier molecular flexibility index (Phi) is 6.16. The van der Waals surface area contributed by atoms with Crippen molar-refractivity contribution in [3.05, 3.63) is 0 Å². The molecule has 0 spiro atoms. The molecule has 8 atom stereocenters. The molecule has 2 aliphatic rings. The van der Waals surface area contributed by atoms with Gasteiger partial charge in [0.15, 0.2) is 6.29 Å². The number of hydrogen-bond donors (Lipinski definition) is 4. The summed E-state index contributed by atoms with van der Waals surface area (Å²) in [6.45, 7) is 5.38. The average molecular weight is 332 g/mol. The second kappa shape index (κ2) is 7.55. The Morgan fingerprint density at radius 3 is 2.43 bits per heavy atom. The van der Waals surface area contributed by atoms with Gasteiger partial charge in [-0.3, -0.25) is 4.79 Å². The fourth-order valence-electron chi connectivity index (χ4n) is 3.39. The maximum absolute atomic E-state index is 12.0. The third-order valence-electron chi connectivity index (χ3n) is 5.06. The van der Waals surface area contributed by atoms with Gasteiger partial charge in [-0.2, -0.15) is 0 Å². The van der Waals surface area contributed by atoms with Crippen LogP contribution in [-0.2, 0) is 14.3 Å². The van der Waals surface area contributed by atoms with Crippen molar-refractivity contribution in [2.24, 2.45) is 17.8 Å². The number of aliphatic hydroxyl groups excluding tert-OH is 4. The van der Waals surface area contributed by atoms with Gasteiger partial charge in [0.25, 0.3) is 0 Å². The first-order valence-corrected chi connectivity index (χ1v) is 8.25. The first-order chi connectivity index (χ1) is 10.8. The van der Waals surface area contributed by atoms with Crippen LogP contribution in [0.5, 0.6) is 0 Å². The number of rotatable bonds is 4. The third-order valence-corrected chi connectivity index (χ3v) is 5.06. The molecule has 1 aliphatic heterocycles. The summed E-state index contributed by atoms with van der Waals surface area (Å²) in [5.74, 6) is 0.310. The van der Waals surface area contributed by atoms with Crippen LogP contribution in [0, 0.1) is 17.8 Å². The molecule has 1 saturated heterocycles. The van der Waals surface area contributed by atoms with Gasteiger partial charge in [-0.25, -0.2) is 0 Å². The van der Waals surface area contributed by atoms with E-state index in [0.717, 1.165) is 0 Å². The molecule has 0 radical (unpaired) electrons. The topological polar surface area (TPSA) is 116 Å². The van der Waals surface area contributed by atoms with E-state index in [4.69, 9.17) is 9.47 Å². The van der Waals surface area contributed by atoms with E-state index in [-0.39, 0.29) is 29.6 Å².